The van der Waals surface area contributed by atoms with Gasteiger partial charge in [-0.2, -0.15) is 0 Å². The predicted molar refractivity (Wildman–Crippen MR) is 17.1 cm³/mol. The molecule has 5 heavy (non-hydrogen) atoms. The fraction of sp³-hybridized carbons (Fsp3) is 0. The maximum absolute atomic E-state index is 0. The van der Waals surface area contributed by atoms with Gasteiger partial charge in [0.2, 0.25) is 0 Å². The Morgan fingerprint density at radius 1 is 1.20 bits per heavy atom. The van der Waals surface area contributed by atoms with Gasteiger partial charge in [0.05, 0.1) is 0 Å². The topological polar surface area (TPSA) is 0 Å². The van der Waals surface area contributed by atoms with Crippen LogP contribution < -0.4 is 29.6 Å². The van der Waals surface area contributed by atoms with Gasteiger partial charge >= 0.3 is 113 Å². The second kappa shape index (κ2) is 22.4. The molecule has 0 aliphatic heterocycles. The van der Waals surface area contributed by atoms with Crippen LogP contribution in [-0.2, 0) is 0 Å². The number of rotatable bonds is 0. The molecule has 0 aromatic heterocycles. The van der Waals surface area contributed by atoms with Gasteiger partial charge in [0.15, 0.2) is 0 Å². The first-order chi connectivity index (χ1) is 0. The van der Waals surface area contributed by atoms with Crippen LogP contribution in [0.3, 0.4) is 0 Å². The second-order valence-corrected chi connectivity index (χ2v) is 0. The Bertz CT molecular complexity index is 21.6. The van der Waals surface area contributed by atoms with Crippen molar-refractivity contribution in [3.63, 3.8) is 0 Å². The van der Waals surface area contributed by atoms with E-state index in [2.05, 4.69) is 0 Å². The summed E-state index contributed by atoms with van der Waals surface area (Å²) in [6, 6.07) is 0. The predicted octanol–water partition coefficient (Wildman–Crippen LogP) is -3.20. The van der Waals surface area contributed by atoms with Crippen molar-refractivity contribution in [3.8, 4) is 0 Å². The van der Waals surface area contributed by atoms with Crippen molar-refractivity contribution in [2.45, 2.75) is 0 Å². The van der Waals surface area contributed by atoms with E-state index in [1.54, 1.807) is 0 Å². The molecule has 0 amide bonds. The molecular weight excluding hydrogens is 430 g/mol. The van der Waals surface area contributed by atoms with Crippen molar-refractivity contribution in [1.29, 1.82) is 0 Å². The van der Waals surface area contributed by atoms with Gasteiger partial charge in [-0.25, -0.2) is 0 Å². The van der Waals surface area contributed by atoms with E-state index in [4.69, 9.17) is 0 Å². The van der Waals surface area contributed by atoms with Gasteiger partial charge in [0.25, 0.3) is 0 Å². The maximum Gasteiger partial charge on any atom is 2.00 e. The molecule has 0 heterocycles. The molecule has 0 rings (SSSR count). The Balaban J connectivity index is 0. The smallest absolute Gasteiger partial charge is 1.00 e. The Morgan fingerprint density at radius 2 is 1.20 bits per heavy atom. The summed E-state index contributed by atoms with van der Waals surface area (Å²) < 4.78 is 0. The average molecular weight is 435 g/mol. The SMILES string of the molecule is [Ca+2].[Ce].[H-].[H-].[H-].[H-].[H-].[La].[Na+].[Sr+2]. The fourth-order valence-corrected chi connectivity index (χ4v) is 0. The Morgan fingerprint density at radius 3 is 1.20 bits per heavy atom. The largest absolute Gasteiger partial charge is 2.00 e. The van der Waals surface area contributed by atoms with Crippen molar-refractivity contribution in [2.24, 2.45) is 0 Å². The molecular formula is H5CaCeLaNaSr. The van der Waals surface area contributed by atoms with Crippen LogP contribution in [0, 0.1) is 77.3 Å². The van der Waals surface area contributed by atoms with E-state index in [0.717, 1.165) is 0 Å². The summed E-state index contributed by atoms with van der Waals surface area (Å²) in [5.41, 5.74) is 0. The average Bonchev–Trinajstić information content (AvgIpc) is 0. The van der Waals surface area contributed by atoms with Gasteiger partial charge in [-0.15, -0.1) is 0 Å². The zero-order valence-corrected chi connectivity index (χ0v) is 17.9. The molecule has 0 saturated heterocycles. The van der Waals surface area contributed by atoms with Gasteiger partial charge in [-0.05, 0) is 0 Å². The molecule has 0 bridgehead atoms. The molecule has 0 aromatic rings. The van der Waals surface area contributed by atoms with Crippen molar-refractivity contribution < 1.29 is 114 Å². The third-order valence-corrected chi connectivity index (χ3v) is 0. The van der Waals surface area contributed by atoms with Gasteiger partial charge in [0.1, 0.15) is 0 Å². The quantitative estimate of drug-likeness (QED) is 0.353. The summed E-state index contributed by atoms with van der Waals surface area (Å²) in [6.07, 6.45) is 0. The van der Waals surface area contributed by atoms with Crippen LogP contribution >= 0.6 is 0 Å². The molecule has 0 aliphatic rings. The number of hydrogen-bond acceptors (Lipinski definition) is 0. The molecule has 0 fully saturated rings. The Hall–Kier alpha value is 6.31. The third-order valence-electron chi connectivity index (χ3n) is 0. The Kier molecular flexibility index (Phi) is 136. The molecule has 0 N–H and O–H groups in total. The maximum atomic E-state index is 0. The van der Waals surface area contributed by atoms with Gasteiger partial charge < -0.3 is 7.13 Å². The van der Waals surface area contributed by atoms with E-state index in [1.807, 2.05) is 0 Å². The molecule has 0 aliphatic carbocycles. The molecule has 5 heteroatoms. The van der Waals surface area contributed by atoms with Crippen LogP contribution in [0.5, 0.6) is 0 Å². The van der Waals surface area contributed by atoms with Crippen LogP contribution in [0.25, 0.3) is 0 Å². The standard InChI is InChI=1S/Ca.Ce.La.Na.Sr.5H/q+2;;;+1;+2;5*-1. The molecule has 0 atom stereocenters. The molecule has 1 radical (unpaired) electrons. The van der Waals surface area contributed by atoms with E-state index in [0.29, 0.717) is 0 Å². The minimum absolute atomic E-state index is 0. The van der Waals surface area contributed by atoms with Crippen LogP contribution in [0.4, 0.5) is 0 Å². The molecule has 17 valence electrons. The van der Waals surface area contributed by atoms with E-state index in [9.17, 15) is 0 Å². The Labute approximate surface area is 191 Å². The minimum atomic E-state index is 0. The third kappa shape index (κ3) is 17.9. The van der Waals surface area contributed by atoms with Crippen LogP contribution in [0.2, 0.25) is 0 Å². The van der Waals surface area contributed by atoms with E-state index in [1.165, 1.54) is 0 Å². The minimum Gasteiger partial charge on any atom is -1.00 e. The molecule has 0 unspecified atom stereocenters. The van der Waals surface area contributed by atoms with Crippen molar-refractivity contribution in [1.82, 2.24) is 0 Å². The summed E-state index contributed by atoms with van der Waals surface area (Å²) in [7, 11) is 0. The first kappa shape index (κ1) is 30.2. The van der Waals surface area contributed by atoms with E-state index >= 15 is 0 Å². The summed E-state index contributed by atoms with van der Waals surface area (Å²) >= 11 is 0. The zero-order valence-electron chi connectivity index (χ0n) is 8.49. The zero-order chi connectivity index (χ0) is 0. The monoisotopic (exact) mass is 435 g/mol. The fourth-order valence-electron chi connectivity index (χ4n) is 0. The molecule has 0 spiro atoms. The summed E-state index contributed by atoms with van der Waals surface area (Å²) in [6.45, 7) is 0. The summed E-state index contributed by atoms with van der Waals surface area (Å²) in [5, 5.41) is 0. The van der Waals surface area contributed by atoms with E-state index in [-0.39, 0.29) is 197 Å². The first-order valence-electron chi connectivity index (χ1n) is 0. The molecule has 0 nitrogen and oxygen atoms in total. The molecule has 0 aromatic carbocycles. The van der Waals surface area contributed by atoms with Gasteiger partial charge in [-0.1, -0.05) is 0 Å². The summed E-state index contributed by atoms with van der Waals surface area (Å²) in [5.74, 6) is 0. The van der Waals surface area contributed by atoms with Crippen LogP contribution in [0.1, 0.15) is 7.13 Å². The normalized spacial score (nSPS) is 0. The van der Waals surface area contributed by atoms with Crippen molar-refractivity contribution in [2.75, 3.05) is 0 Å². The van der Waals surface area contributed by atoms with Gasteiger partial charge in [0, 0.05) is 77.3 Å². The number of hydrogen-bond donors (Lipinski definition) is 0. The first-order valence-corrected chi connectivity index (χ1v) is 0. The van der Waals surface area contributed by atoms with Crippen LogP contribution in [0.15, 0.2) is 0 Å². The van der Waals surface area contributed by atoms with Gasteiger partial charge in [-0.3, -0.25) is 0 Å². The van der Waals surface area contributed by atoms with Crippen LogP contribution in [-0.4, -0.2) is 83.2 Å². The van der Waals surface area contributed by atoms with Crippen molar-refractivity contribution >= 4 is 83.2 Å². The molecule has 0 saturated carbocycles. The second-order valence-electron chi connectivity index (χ2n) is 0. The van der Waals surface area contributed by atoms with Crippen molar-refractivity contribution in [3.05, 3.63) is 0 Å². The summed E-state index contributed by atoms with van der Waals surface area (Å²) in [4.78, 5) is 0. The van der Waals surface area contributed by atoms with E-state index < -0.39 is 0 Å².